The van der Waals surface area contributed by atoms with Crippen LogP contribution >= 0.6 is 0 Å². The molecule has 18 heavy (non-hydrogen) atoms. The van der Waals surface area contributed by atoms with E-state index < -0.39 is 5.41 Å². The maximum absolute atomic E-state index is 11.9. The molecule has 4 heteroatoms. The number of hydrogen-bond donors (Lipinski definition) is 0. The molecule has 0 spiro atoms. The van der Waals surface area contributed by atoms with Crippen molar-refractivity contribution in [1.82, 2.24) is 0 Å². The van der Waals surface area contributed by atoms with E-state index in [1.807, 2.05) is 19.9 Å². The summed E-state index contributed by atoms with van der Waals surface area (Å²) in [6, 6.07) is 5.43. The number of methoxy groups -OCH3 is 2. The van der Waals surface area contributed by atoms with Gasteiger partial charge in [0.05, 0.1) is 26.2 Å². The molecule has 0 unspecified atom stereocenters. The second kappa shape index (κ2) is 5.76. The summed E-state index contributed by atoms with van der Waals surface area (Å²) in [6.07, 6.45) is 0. The fourth-order valence-electron chi connectivity index (χ4n) is 1.65. The molecule has 1 aromatic rings. The predicted molar refractivity (Wildman–Crippen MR) is 69.2 cm³/mol. The van der Waals surface area contributed by atoms with Crippen molar-refractivity contribution in [2.45, 2.75) is 26.2 Å². The summed E-state index contributed by atoms with van der Waals surface area (Å²) in [5, 5.41) is 0. The Hall–Kier alpha value is -1.71. The van der Waals surface area contributed by atoms with E-state index in [4.69, 9.17) is 14.2 Å². The summed E-state index contributed by atoms with van der Waals surface area (Å²) < 4.78 is 15.5. The SMILES string of the molecule is CCOC(=O)C(C)(C)c1ccc(OC)c(OC)c1. The van der Waals surface area contributed by atoms with Crippen LogP contribution in [0.5, 0.6) is 11.5 Å². The van der Waals surface area contributed by atoms with Crippen LogP contribution in [0, 0.1) is 0 Å². The molecule has 100 valence electrons. The second-order valence-corrected chi connectivity index (χ2v) is 4.42. The van der Waals surface area contributed by atoms with Gasteiger partial charge in [0.25, 0.3) is 0 Å². The van der Waals surface area contributed by atoms with Gasteiger partial charge in [-0.05, 0) is 38.5 Å². The van der Waals surface area contributed by atoms with E-state index in [0.717, 1.165) is 5.56 Å². The topological polar surface area (TPSA) is 44.8 Å². The molecule has 1 aromatic carbocycles. The predicted octanol–water partition coefficient (Wildman–Crippen LogP) is 2.54. The third kappa shape index (κ3) is 2.75. The minimum absolute atomic E-state index is 0.253. The summed E-state index contributed by atoms with van der Waals surface area (Å²) >= 11 is 0. The van der Waals surface area contributed by atoms with E-state index in [1.54, 1.807) is 33.3 Å². The first-order valence-corrected chi connectivity index (χ1v) is 5.87. The molecule has 0 saturated heterocycles. The van der Waals surface area contributed by atoms with E-state index in [0.29, 0.717) is 18.1 Å². The van der Waals surface area contributed by atoms with Crippen LogP contribution in [-0.2, 0) is 14.9 Å². The first kappa shape index (κ1) is 14.4. The molecule has 4 nitrogen and oxygen atoms in total. The number of hydrogen-bond acceptors (Lipinski definition) is 4. The van der Waals surface area contributed by atoms with Crippen LogP contribution in [0.4, 0.5) is 0 Å². The van der Waals surface area contributed by atoms with Crippen molar-refractivity contribution in [3.63, 3.8) is 0 Å². The molecule has 0 bridgehead atoms. The highest BCUT2D eigenvalue weighted by atomic mass is 16.5. The van der Waals surface area contributed by atoms with Crippen molar-refractivity contribution >= 4 is 5.97 Å². The molecular formula is C14H20O4. The van der Waals surface area contributed by atoms with Gasteiger partial charge in [0.1, 0.15) is 0 Å². The average Bonchev–Trinajstić information content (AvgIpc) is 2.38. The average molecular weight is 252 g/mol. The lowest BCUT2D eigenvalue weighted by atomic mass is 9.84. The van der Waals surface area contributed by atoms with Crippen LogP contribution < -0.4 is 9.47 Å². The van der Waals surface area contributed by atoms with Gasteiger partial charge >= 0.3 is 5.97 Å². The van der Waals surface area contributed by atoms with E-state index in [1.165, 1.54) is 0 Å². The molecule has 0 aliphatic rings. The molecule has 0 heterocycles. The van der Waals surface area contributed by atoms with Gasteiger partial charge in [-0.15, -0.1) is 0 Å². The van der Waals surface area contributed by atoms with Gasteiger partial charge in [0.15, 0.2) is 11.5 Å². The minimum Gasteiger partial charge on any atom is -0.493 e. The number of ether oxygens (including phenoxy) is 3. The molecule has 0 fully saturated rings. The third-order valence-electron chi connectivity index (χ3n) is 2.89. The molecule has 0 amide bonds. The van der Waals surface area contributed by atoms with Gasteiger partial charge in [-0.2, -0.15) is 0 Å². The van der Waals surface area contributed by atoms with Crippen molar-refractivity contribution in [3.8, 4) is 11.5 Å². The zero-order valence-electron chi connectivity index (χ0n) is 11.6. The minimum atomic E-state index is -0.713. The van der Waals surface area contributed by atoms with Gasteiger partial charge in [-0.1, -0.05) is 6.07 Å². The molecular weight excluding hydrogens is 232 g/mol. The lowest BCUT2D eigenvalue weighted by molar-refractivity contribution is -0.148. The number of benzene rings is 1. The monoisotopic (exact) mass is 252 g/mol. The highest BCUT2D eigenvalue weighted by Gasteiger charge is 2.32. The van der Waals surface area contributed by atoms with Crippen LogP contribution in [0.1, 0.15) is 26.3 Å². The molecule has 1 rings (SSSR count). The molecule has 0 radical (unpaired) electrons. The molecule has 0 aliphatic carbocycles. The van der Waals surface area contributed by atoms with Gasteiger partial charge < -0.3 is 14.2 Å². The molecule has 0 saturated carbocycles. The molecule has 0 atom stereocenters. The van der Waals surface area contributed by atoms with Crippen molar-refractivity contribution in [2.75, 3.05) is 20.8 Å². The van der Waals surface area contributed by atoms with E-state index in [9.17, 15) is 4.79 Å². The van der Waals surface area contributed by atoms with Crippen molar-refractivity contribution in [1.29, 1.82) is 0 Å². The number of esters is 1. The Labute approximate surface area is 108 Å². The number of rotatable bonds is 5. The first-order valence-electron chi connectivity index (χ1n) is 5.87. The molecule has 0 aliphatic heterocycles. The fourth-order valence-corrected chi connectivity index (χ4v) is 1.65. The smallest absolute Gasteiger partial charge is 0.315 e. The van der Waals surface area contributed by atoms with E-state index in [2.05, 4.69) is 0 Å². The third-order valence-corrected chi connectivity index (χ3v) is 2.89. The summed E-state index contributed by atoms with van der Waals surface area (Å²) in [4.78, 5) is 11.9. The number of carbonyl (C=O) groups is 1. The highest BCUT2D eigenvalue weighted by Crippen LogP contribution is 2.33. The standard InChI is InChI=1S/C14H20O4/c1-6-18-13(15)14(2,3)10-7-8-11(16-4)12(9-10)17-5/h7-9H,6H2,1-5H3. The van der Waals surface area contributed by atoms with Crippen LogP contribution in [0.15, 0.2) is 18.2 Å². The summed E-state index contributed by atoms with van der Waals surface area (Å²) in [5.74, 6) is 0.991. The van der Waals surface area contributed by atoms with Crippen molar-refractivity contribution < 1.29 is 19.0 Å². The van der Waals surface area contributed by atoms with Gasteiger partial charge in [-0.3, -0.25) is 4.79 Å². The normalized spacial score (nSPS) is 10.9. The van der Waals surface area contributed by atoms with Crippen LogP contribution in [0.2, 0.25) is 0 Å². The second-order valence-electron chi connectivity index (χ2n) is 4.42. The Kier molecular flexibility index (Phi) is 4.59. The first-order chi connectivity index (χ1) is 8.47. The van der Waals surface area contributed by atoms with E-state index >= 15 is 0 Å². The van der Waals surface area contributed by atoms with Gasteiger partial charge in [0.2, 0.25) is 0 Å². The lowest BCUT2D eigenvalue weighted by Crippen LogP contribution is -2.31. The van der Waals surface area contributed by atoms with Crippen molar-refractivity contribution in [2.24, 2.45) is 0 Å². The number of carbonyl (C=O) groups excluding carboxylic acids is 1. The Bertz CT molecular complexity index is 424. The quantitative estimate of drug-likeness (QED) is 0.755. The summed E-state index contributed by atoms with van der Waals surface area (Å²) in [5.41, 5.74) is 0.119. The largest absolute Gasteiger partial charge is 0.493 e. The lowest BCUT2D eigenvalue weighted by Gasteiger charge is -2.23. The van der Waals surface area contributed by atoms with Gasteiger partial charge in [0, 0.05) is 0 Å². The Morgan fingerprint density at radius 2 is 1.78 bits per heavy atom. The van der Waals surface area contributed by atoms with Gasteiger partial charge in [-0.25, -0.2) is 0 Å². The Balaban J connectivity index is 3.12. The zero-order valence-corrected chi connectivity index (χ0v) is 11.6. The maximum Gasteiger partial charge on any atom is 0.315 e. The molecule has 0 N–H and O–H groups in total. The summed E-state index contributed by atoms with van der Waals surface area (Å²) in [6.45, 7) is 5.82. The van der Waals surface area contributed by atoms with Crippen LogP contribution in [0.25, 0.3) is 0 Å². The Morgan fingerprint density at radius 3 is 2.28 bits per heavy atom. The van der Waals surface area contributed by atoms with Crippen LogP contribution in [-0.4, -0.2) is 26.8 Å². The Morgan fingerprint density at radius 1 is 1.17 bits per heavy atom. The van der Waals surface area contributed by atoms with E-state index in [-0.39, 0.29) is 5.97 Å². The maximum atomic E-state index is 11.9. The summed E-state index contributed by atoms with van der Waals surface area (Å²) in [7, 11) is 3.15. The van der Waals surface area contributed by atoms with Crippen LogP contribution in [0.3, 0.4) is 0 Å². The fraction of sp³-hybridized carbons (Fsp3) is 0.500. The highest BCUT2D eigenvalue weighted by molar-refractivity contribution is 5.82. The molecule has 0 aromatic heterocycles. The van der Waals surface area contributed by atoms with Crippen molar-refractivity contribution in [3.05, 3.63) is 23.8 Å². The zero-order chi connectivity index (χ0) is 13.8.